The fourth-order valence-corrected chi connectivity index (χ4v) is 7.01. The molecule has 0 aromatic heterocycles. The molecule has 0 aromatic carbocycles. The summed E-state index contributed by atoms with van der Waals surface area (Å²) in [4.78, 5) is 25.3. The molecule has 0 spiro atoms. The van der Waals surface area contributed by atoms with E-state index in [-0.39, 0.29) is 32.0 Å². The van der Waals surface area contributed by atoms with Gasteiger partial charge in [-0.05, 0) is 38.5 Å². The highest BCUT2D eigenvalue weighted by Crippen LogP contribution is 2.23. The molecule has 0 aromatic rings. The van der Waals surface area contributed by atoms with E-state index in [1.165, 1.54) is 135 Å². The second kappa shape index (κ2) is 36.8. The Morgan fingerprint density at radius 2 is 0.964 bits per heavy atom. The topological polar surface area (TPSA) is 152 Å². The van der Waals surface area contributed by atoms with E-state index in [2.05, 4.69) is 26.0 Å². The van der Waals surface area contributed by atoms with E-state index in [1.54, 1.807) is 0 Å². The highest BCUT2D eigenvalue weighted by Gasteiger charge is 2.44. The van der Waals surface area contributed by atoms with Crippen molar-refractivity contribution in [3.63, 3.8) is 0 Å². The molecule has 1 heterocycles. The average Bonchev–Trinajstić information content (AvgIpc) is 3.18. The summed E-state index contributed by atoms with van der Waals surface area (Å²) < 4.78 is 22.2. The zero-order chi connectivity index (χ0) is 40.2. The average molecular weight is 785 g/mol. The van der Waals surface area contributed by atoms with Crippen LogP contribution < -0.4 is 0 Å². The molecule has 1 saturated heterocycles. The van der Waals surface area contributed by atoms with E-state index in [1.807, 2.05) is 0 Å². The Labute approximate surface area is 335 Å². The van der Waals surface area contributed by atoms with Gasteiger partial charge in [0.25, 0.3) is 0 Å². The summed E-state index contributed by atoms with van der Waals surface area (Å²) in [5, 5.41) is 40.0. The predicted octanol–water partition coefficient (Wildman–Crippen LogP) is 9.56. The SMILES string of the molecule is CCCCCC/C=C/CCCCCCCCCCCC(=O)OC[C@@H](CO[C@H]1O[C@@H](CO)[C@@H](O)C(O)C1O)OC(=O)CCCCCCCCCCCCCCC. The third-order valence-corrected chi connectivity index (χ3v) is 10.7. The van der Waals surface area contributed by atoms with Crippen molar-refractivity contribution in [2.75, 3.05) is 19.8 Å². The molecule has 0 radical (unpaired) electrons. The van der Waals surface area contributed by atoms with E-state index in [0.29, 0.717) is 6.42 Å². The smallest absolute Gasteiger partial charge is 0.306 e. The normalized spacial score (nSPS) is 20.6. The number of hydrogen-bond donors (Lipinski definition) is 4. The first-order valence-corrected chi connectivity index (χ1v) is 22.8. The number of carbonyl (C=O) groups excluding carboxylic acids is 2. The third-order valence-electron chi connectivity index (χ3n) is 10.7. The van der Waals surface area contributed by atoms with Gasteiger partial charge in [0, 0.05) is 12.8 Å². The van der Waals surface area contributed by atoms with Gasteiger partial charge in [0.15, 0.2) is 12.4 Å². The van der Waals surface area contributed by atoms with Crippen LogP contribution in [0.5, 0.6) is 0 Å². The maximum atomic E-state index is 12.7. The Kier molecular flexibility index (Phi) is 34.4. The minimum absolute atomic E-state index is 0.213. The van der Waals surface area contributed by atoms with Gasteiger partial charge in [-0.15, -0.1) is 0 Å². The lowest BCUT2D eigenvalue weighted by molar-refractivity contribution is -0.305. The number of allylic oxidation sites excluding steroid dienone is 2. The highest BCUT2D eigenvalue weighted by molar-refractivity contribution is 5.70. The van der Waals surface area contributed by atoms with Crippen LogP contribution >= 0.6 is 0 Å². The summed E-state index contributed by atoms with van der Waals surface area (Å²) in [5.41, 5.74) is 0. The number of aliphatic hydroxyl groups is 4. The van der Waals surface area contributed by atoms with Crippen molar-refractivity contribution in [1.82, 2.24) is 0 Å². The van der Waals surface area contributed by atoms with Gasteiger partial charge in [0.2, 0.25) is 0 Å². The Bertz CT molecular complexity index is 912. The summed E-state index contributed by atoms with van der Waals surface area (Å²) in [7, 11) is 0. The Hall–Kier alpha value is -1.56. The number of esters is 2. The van der Waals surface area contributed by atoms with Crippen LogP contribution in [0, 0.1) is 0 Å². The third kappa shape index (κ3) is 28.5. The second-order valence-electron chi connectivity index (χ2n) is 15.9. The van der Waals surface area contributed by atoms with Crippen molar-refractivity contribution >= 4 is 11.9 Å². The lowest BCUT2D eigenvalue weighted by Crippen LogP contribution is -2.59. The monoisotopic (exact) mass is 785 g/mol. The molecule has 4 N–H and O–H groups in total. The maximum absolute atomic E-state index is 12.7. The molecular weight excluding hydrogens is 700 g/mol. The number of rotatable bonds is 38. The summed E-state index contributed by atoms with van der Waals surface area (Å²) in [5.74, 6) is -0.799. The summed E-state index contributed by atoms with van der Waals surface area (Å²) in [6.07, 6.45) is 30.7. The number of ether oxygens (including phenoxy) is 4. The van der Waals surface area contributed by atoms with Gasteiger partial charge in [-0.1, -0.05) is 167 Å². The molecule has 1 aliphatic rings. The molecule has 0 amide bonds. The van der Waals surface area contributed by atoms with Crippen LogP contribution in [0.2, 0.25) is 0 Å². The number of unbranched alkanes of at least 4 members (excludes halogenated alkanes) is 25. The van der Waals surface area contributed by atoms with Crippen LogP contribution in [0.4, 0.5) is 0 Å². The fraction of sp³-hybridized carbons (Fsp3) is 0.911. The van der Waals surface area contributed by atoms with Gasteiger partial charge < -0.3 is 39.4 Å². The predicted molar refractivity (Wildman–Crippen MR) is 220 cm³/mol. The van der Waals surface area contributed by atoms with E-state index in [4.69, 9.17) is 18.9 Å². The highest BCUT2D eigenvalue weighted by atomic mass is 16.7. The van der Waals surface area contributed by atoms with E-state index >= 15 is 0 Å². The molecule has 324 valence electrons. The largest absolute Gasteiger partial charge is 0.462 e. The van der Waals surface area contributed by atoms with Gasteiger partial charge in [0.1, 0.15) is 31.0 Å². The molecule has 0 saturated carbocycles. The molecule has 0 bridgehead atoms. The summed E-state index contributed by atoms with van der Waals surface area (Å²) in [6.45, 7) is 3.42. The lowest BCUT2D eigenvalue weighted by Gasteiger charge is -2.39. The number of carbonyl (C=O) groups is 2. The van der Waals surface area contributed by atoms with Crippen molar-refractivity contribution < 1.29 is 49.0 Å². The van der Waals surface area contributed by atoms with E-state index < -0.39 is 49.4 Å². The van der Waals surface area contributed by atoms with Gasteiger partial charge in [0.05, 0.1) is 13.2 Å². The standard InChI is InChI=1S/C45H84O10/c1-3-5-7-9-11-13-15-17-18-19-20-22-23-25-27-29-31-33-40(47)52-36-38(37-53-45-44(51)43(50)42(49)39(35-46)55-45)54-41(48)34-32-30-28-26-24-21-16-14-12-10-8-6-4-2/h13,15,38-39,42-46,49-51H,3-12,14,16-37H2,1-2H3/b15-13+/t38-,39-,42+,43?,44?,45-/m0/s1. The van der Waals surface area contributed by atoms with Crippen LogP contribution in [0.15, 0.2) is 12.2 Å². The van der Waals surface area contributed by atoms with Crippen molar-refractivity contribution in [1.29, 1.82) is 0 Å². The molecule has 1 fully saturated rings. The van der Waals surface area contributed by atoms with E-state index in [0.717, 1.165) is 38.5 Å². The zero-order valence-corrected chi connectivity index (χ0v) is 35.2. The van der Waals surface area contributed by atoms with Gasteiger partial charge in [-0.3, -0.25) is 9.59 Å². The molecule has 10 nitrogen and oxygen atoms in total. The minimum Gasteiger partial charge on any atom is -0.462 e. The molecule has 2 unspecified atom stereocenters. The van der Waals surface area contributed by atoms with Crippen LogP contribution in [0.25, 0.3) is 0 Å². The first-order chi connectivity index (χ1) is 26.8. The van der Waals surface area contributed by atoms with Gasteiger partial charge in [-0.2, -0.15) is 0 Å². The Morgan fingerprint density at radius 1 is 0.545 bits per heavy atom. The van der Waals surface area contributed by atoms with Crippen molar-refractivity contribution in [3.8, 4) is 0 Å². The van der Waals surface area contributed by atoms with Gasteiger partial charge >= 0.3 is 11.9 Å². The van der Waals surface area contributed by atoms with Crippen molar-refractivity contribution in [2.24, 2.45) is 0 Å². The molecule has 0 aliphatic carbocycles. The Balaban J connectivity index is 2.30. The molecule has 1 rings (SSSR count). The number of aliphatic hydroxyl groups excluding tert-OH is 4. The second-order valence-corrected chi connectivity index (χ2v) is 15.9. The summed E-state index contributed by atoms with van der Waals surface area (Å²) >= 11 is 0. The van der Waals surface area contributed by atoms with Crippen LogP contribution in [0.3, 0.4) is 0 Å². The maximum Gasteiger partial charge on any atom is 0.306 e. The molecule has 1 aliphatic heterocycles. The molecule has 6 atom stereocenters. The van der Waals surface area contributed by atoms with Gasteiger partial charge in [-0.25, -0.2) is 0 Å². The quantitative estimate of drug-likeness (QED) is 0.0271. The first-order valence-electron chi connectivity index (χ1n) is 22.8. The Morgan fingerprint density at radius 3 is 1.44 bits per heavy atom. The van der Waals surface area contributed by atoms with Crippen LogP contribution in [-0.2, 0) is 28.5 Å². The van der Waals surface area contributed by atoms with Crippen molar-refractivity contribution in [3.05, 3.63) is 12.2 Å². The minimum atomic E-state index is -1.59. The fourth-order valence-electron chi connectivity index (χ4n) is 7.01. The molecule has 55 heavy (non-hydrogen) atoms. The molecule has 10 heteroatoms. The molecular formula is C45H84O10. The lowest BCUT2D eigenvalue weighted by atomic mass is 9.99. The zero-order valence-electron chi connectivity index (χ0n) is 35.2. The van der Waals surface area contributed by atoms with Crippen molar-refractivity contribution in [2.45, 2.75) is 243 Å². The van der Waals surface area contributed by atoms with E-state index in [9.17, 15) is 30.0 Å². The first kappa shape index (κ1) is 51.5. The van der Waals surface area contributed by atoms with Crippen LogP contribution in [0.1, 0.15) is 206 Å². The summed E-state index contributed by atoms with van der Waals surface area (Å²) in [6, 6.07) is 0. The van der Waals surface area contributed by atoms with Crippen LogP contribution in [-0.4, -0.2) is 89.0 Å². The number of hydrogen-bond acceptors (Lipinski definition) is 10.